The fraction of sp³-hybridized carbons (Fsp3) is 0.333. The molecule has 4 aromatic heterocycles. The summed E-state index contributed by atoms with van der Waals surface area (Å²) in [6, 6.07) is 16.4. The Morgan fingerprint density at radius 3 is 2.61 bits per heavy atom. The van der Waals surface area contributed by atoms with Crippen molar-refractivity contribution in [3.63, 3.8) is 0 Å². The lowest BCUT2D eigenvalue weighted by Crippen LogP contribution is -2.43. The van der Waals surface area contributed by atoms with Crippen LogP contribution in [0.5, 0.6) is 5.75 Å². The van der Waals surface area contributed by atoms with Crippen molar-refractivity contribution < 1.29 is 18.6 Å². The third-order valence-electron chi connectivity index (χ3n) is 9.97. The summed E-state index contributed by atoms with van der Waals surface area (Å²) in [5, 5.41) is 10.4. The lowest BCUT2D eigenvalue weighted by atomic mass is 9.83. The summed E-state index contributed by atoms with van der Waals surface area (Å²) in [5.41, 5.74) is 3.67. The van der Waals surface area contributed by atoms with Gasteiger partial charge in [0.2, 0.25) is 0 Å². The van der Waals surface area contributed by atoms with E-state index >= 15 is 0 Å². The van der Waals surface area contributed by atoms with E-state index in [1.807, 2.05) is 37.5 Å². The number of fused-ring (bicyclic) bond motifs is 2. The molecule has 264 valence electrons. The maximum absolute atomic E-state index is 14.6. The minimum Gasteiger partial charge on any atom is -0.508 e. The van der Waals surface area contributed by atoms with E-state index in [9.17, 15) is 23.5 Å². The molecule has 0 radical (unpaired) electrons. The number of aryl methyl sites for hydroxylation is 1. The maximum Gasteiger partial charge on any atom is 0.337 e. The van der Waals surface area contributed by atoms with Gasteiger partial charge in [0.15, 0.2) is 5.65 Å². The van der Waals surface area contributed by atoms with Gasteiger partial charge in [-0.25, -0.2) is 28.1 Å². The molecule has 0 amide bonds. The smallest absolute Gasteiger partial charge is 0.337 e. The van der Waals surface area contributed by atoms with Gasteiger partial charge in [0.1, 0.15) is 23.0 Å². The minimum atomic E-state index is -0.658. The van der Waals surface area contributed by atoms with Crippen molar-refractivity contribution >= 4 is 16.7 Å². The zero-order valence-electron chi connectivity index (χ0n) is 28.6. The van der Waals surface area contributed by atoms with Crippen molar-refractivity contribution in [3.05, 3.63) is 123 Å². The Morgan fingerprint density at radius 2 is 1.80 bits per heavy atom. The van der Waals surface area contributed by atoms with Crippen molar-refractivity contribution in [1.29, 1.82) is 0 Å². The molecule has 51 heavy (non-hydrogen) atoms. The predicted molar refractivity (Wildman–Crippen MR) is 191 cm³/mol. The summed E-state index contributed by atoms with van der Waals surface area (Å²) in [7, 11) is 3.63. The number of benzene rings is 2. The largest absolute Gasteiger partial charge is 0.508 e. The van der Waals surface area contributed by atoms with Gasteiger partial charge < -0.3 is 14.2 Å². The maximum atomic E-state index is 14.6. The molecule has 0 spiro atoms. The van der Waals surface area contributed by atoms with Gasteiger partial charge in [0.25, 0.3) is 5.56 Å². The average Bonchev–Trinajstić information content (AvgIpc) is 3.53. The summed E-state index contributed by atoms with van der Waals surface area (Å²) >= 11 is 0. The zero-order chi connectivity index (χ0) is 35.6. The second-order valence-electron chi connectivity index (χ2n) is 13.5. The molecule has 1 aliphatic rings. The van der Waals surface area contributed by atoms with E-state index in [1.165, 1.54) is 21.4 Å². The third kappa shape index (κ3) is 7.19. The molecule has 12 heteroatoms. The van der Waals surface area contributed by atoms with E-state index in [1.54, 1.807) is 35.8 Å². The highest BCUT2D eigenvalue weighted by Gasteiger charge is 2.27. The molecule has 0 aliphatic heterocycles. The van der Waals surface area contributed by atoms with E-state index in [0.717, 1.165) is 60.3 Å². The van der Waals surface area contributed by atoms with Gasteiger partial charge in [-0.15, -0.1) is 0 Å². The van der Waals surface area contributed by atoms with Crippen LogP contribution in [0.1, 0.15) is 49.4 Å². The normalized spacial score (nSPS) is 16.4. The molecule has 0 bridgehead atoms. The highest BCUT2D eigenvalue weighted by molar-refractivity contribution is 5.77. The lowest BCUT2D eigenvalue weighted by Gasteiger charge is -2.30. The molecule has 7 rings (SSSR count). The van der Waals surface area contributed by atoms with Crippen molar-refractivity contribution in [3.8, 4) is 22.6 Å². The number of halogens is 2. The molecule has 1 saturated carbocycles. The Morgan fingerprint density at radius 1 is 0.980 bits per heavy atom. The van der Waals surface area contributed by atoms with Gasteiger partial charge in [-0.2, -0.15) is 0 Å². The molecule has 6 aromatic rings. The number of phenolic OH excluding ortho intramolecular Hbond substituents is 1. The molecule has 1 N–H and O–H groups in total. The van der Waals surface area contributed by atoms with Crippen LogP contribution in [-0.4, -0.2) is 60.8 Å². The van der Waals surface area contributed by atoms with Crippen LogP contribution in [0.4, 0.5) is 8.78 Å². The Labute approximate surface area is 293 Å². The molecule has 1 aliphatic carbocycles. The SMILES string of the molecule is COCCN(C)Cc1cc(O)ccc1-c1cccc(-n2c(=O)n(C3CCC(CCc4cn5cc(F)ccc5n4)CC3)c(=O)c3cc(F)cnc32)c1. The van der Waals surface area contributed by atoms with Crippen molar-refractivity contribution in [2.24, 2.45) is 5.92 Å². The Hall–Kier alpha value is -5.20. The fourth-order valence-electron chi connectivity index (χ4n) is 7.34. The number of ether oxygens (including phenoxy) is 1. The monoisotopic (exact) mass is 694 g/mol. The first-order chi connectivity index (χ1) is 24.7. The highest BCUT2D eigenvalue weighted by Crippen LogP contribution is 2.34. The van der Waals surface area contributed by atoms with Gasteiger partial charge >= 0.3 is 5.69 Å². The van der Waals surface area contributed by atoms with Crippen LogP contribution >= 0.6 is 0 Å². The Bertz CT molecular complexity index is 2330. The number of hydrogen-bond acceptors (Lipinski definition) is 7. The summed E-state index contributed by atoms with van der Waals surface area (Å²) in [6.07, 6.45) is 8.80. The topological polar surface area (TPSA) is 107 Å². The predicted octanol–water partition coefficient (Wildman–Crippen LogP) is 6.29. The van der Waals surface area contributed by atoms with E-state index in [4.69, 9.17) is 4.74 Å². The molecule has 2 aromatic carbocycles. The first kappa shape index (κ1) is 34.3. The van der Waals surface area contributed by atoms with Crippen LogP contribution < -0.4 is 11.2 Å². The number of pyridine rings is 2. The summed E-state index contributed by atoms with van der Waals surface area (Å²) in [5.74, 6) is -0.449. The van der Waals surface area contributed by atoms with E-state index in [-0.39, 0.29) is 28.6 Å². The zero-order valence-corrected chi connectivity index (χ0v) is 28.6. The second kappa shape index (κ2) is 14.6. The van der Waals surface area contributed by atoms with Crippen LogP contribution in [0, 0.1) is 17.6 Å². The van der Waals surface area contributed by atoms with Crippen LogP contribution in [0.15, 0.2) is 88.8 Å². The quantitative estimate of drug-likeness (QED) is 0.170. The molecule has 0 unspecified atom stereocenters. The first-order valence-electron chi connectivity index (χ1n) is 17.2. The average molecular weight is 695 g/mol. The van der Waals surface area contributed by atoms with Crippen molar-refractivity contribution in [2.75, 3.05) is 27.3 Å². The van der Waals surface area contributed by atoms with Gasteiger partial charge in [0.05, 0.1) is 29.6 Å². The van der Waals surface area contributed by atoms with Crippen LogP contribution in [0.3, 0.4) is 0 Å². The Kier molecular flexibility index (Phi) is 9.79. The van der Waals surface area contributed by atoms with E-state index in [0.29, 0.717) is 49.8 Å². The number of aromatic nitrogens is 5. The number of hydrogen-bond donors (Lipinski definition) is 1. The molecule has 0 atom stereocenters. The number of rotatable bonds is 11. The molecule has 1 fully saturated rings. The standard InChI is InChI=1S/C39H40F2N6O4/c1-44(16-17-51-2)22-27-19-33(48)13-14-34(27)26-4-3-5-32(18-26)46-37-35(20-29(41)21-42-37)38(49)47(39(46)50)31-11-7-25(8-12-31)6-10-30-24-45-23-28(40)9-15-36(45)43-30/h3-5,9,13-15,18-21,23-25,31,48H,6-8,10-12,16-17,22H2,1-2H3. The molecular formula is C39H40F2N6O4. The number of nitrogens with zero attached hydrogens (tertiary/aromatic N) is 6. The van der Waals surface area contributed by atoms with Gasteiger partial charge in [-0.1, -0.05) is 18.2 Å². The van der Waals surface area contributed by atoms with Crippen molar-refractivity contribution in [2.45, 2.75) is 51.1 Å². The summed E-state index contributed by atoms with van der Waals surface area (Å²) in [6.45, 7) is 1.81. The number of aromatic hydroxyl groups is 1. The summed E-state index contributed by atoms with van der Waals surface area (Å²) in [4.78, 5) is 39.2. The van der Waals surface area contributed by atoms with Crippen LogP contribution in [0.25, 0.3) is 33.5 Å². The van der Waals surface area contributed by atoms with Gasteiger partial charge in [-0.3, -0.25) is 14.3 Å². The molecule has 10 nitrogen and oxygen atoms in total. The first-order valence-corrected chi connectivity index (χ1v) is 17.2. The van der Waals surface area contributed by atoms with E-state index < -0.39 is 17.1 Å². The number of imidazole rings is 1. The summed E-state index contributed by atoms with van der Waals surface area (Å²) < 4.78 is 37.8. The van der Waals surface area contributed by atoms with E-state index in [2.05, 4.69) is 14.9 Å². The lowest BCUT2D eigenvalue weighted by molar-refractivity contribution is 0.158. The van der Waals surface area contributed by atoms with Gasteiger partial charge in [0, 0.05) is 38.6 Å². The van der Waals surface area contributed by atoms with Crippen LogP contribution in [0.2, 0.25) is 0 Å². The fourth-order valence-corrected chi connectivity index (χ4v) is 7.34. The second-order valence-corrected chi connectivity index (χ2v) is 13.5. The third-order valence-corrected chi connectivity index (χ3v) is 9.97. The number of likely N-dealkylation sites (N-methyl/N-ethyl adjacent to an activating group) is 1. The van der Waals surface area contributed by atoms with Crippen LogP contribution in [-0.2, 0) is 17.7 Å². The number of phenols is 1. The molecule has 0 saturated heterocycles. The van der Waals surface area contributed by atoms with Gasteiger partial charge in [-0.05, 0) is 111 Å². The number of methoxy groups -OCH3 is 1. The molecule has 4 heterocycles. The highest BCUT2D eigenvalue weighted by atomic mass is 19.1. The van der Waals surface area contributed by atoms with Crippen molar-refractivity contribution in [1.82, 2.24) is 28.4 Å². The Balaban J connectivity index is 1.18. The molecular weight excluding hydrogens is 654 g/mol. The minimum absolute atomic E-state index is 0.0375.